The summed E-state index contributed by atoms with van der Waals surface area (Å²) in [7, 11) is 0. The van der Waals surface area contributed by atoms with Gasteiger partial charge in [-0.3, -0.25) is 0 Å². The van der Waals surface area contributed by atoms with Crippen molar-refractivity contribution in [2.75, 3.05) is 0 Å². The maximum absolute atomic E-state index is 13.4. The SMILES string of the molecule is OC(c1ccccc1Cl)C(F)(F)C(F)(F)C(F)(F)C(F)(F)F. The number of aliphatic hydroxyl groups is 1. The van der Waals surface area contributed by atoms with Crippen LogP contribution in [0.1, 0.15) is 11.7 Å². The Morgan fingerprint density at radius 2 is 1.27 bits per heavy atom. The lowest BCUT2D eigenvalue weighted by Crippen LogP contribution is -2.62. The summed E-state index contributed by atoms with van der Waals surface area (Å²) >= 11 is 5.33. The number of benzene rings is 1. The Labute approximate surface area is 122 Å². The Morgan fingerprint density at radius 1 is 0.818 bits per heavy atom. The van der Waals surface area contributed by atoms with E-state index in [1.165, 1.54) is 0 Å². The molecule has 0 saturated carbocycles. The van der Waals surface area contributed by atoms with Crippen LogP contribution in [0.25, 0.3) is 0 Å². The van der Waals surface area contributed by atoms with Gasteiger partial charge in [0.1, 0.15) is 0 Å². The van der Waals surface area contributed by atoms with Crippen LogP contribution in [-0.4, -0.2) is 29.1 Å². The van der Waals surface area contributed by atoms with Crippen molar-refractivity contribution in [3.8, 4) is 0 Å². The van der Waals surface area contributed by atoms with Gasteiger partial charge in [-0.1, -0.05) is 29.8 Å². The highest BCUT2D eigenvalue weighted by Gasteiger charge is 2.83. The average molecular weight is 361 g/mol. The average Bonchev–Trinajstić information content (AvgIpc) is 2.36. The monoisotopic (exact) mass is 360 g/mol. The topological polar surface area (TPSA) is 20.2 Å². The Morgan fingerprint density at radius 3 is 1.68 bits per heavy atom. The van der Waals surface area contributed by atoms with Gasteiger partial charge in [-0.15, -0.1) is 0 Å². The number of hydrogen-bond donors (Lipinski definition) is 1. The number of halogens is 10. The molecule has 0 aliphatic rings. The Balaban J connectivity index is 3.36. The van der Waals surface area contributed by atoms with Gasteiger partial charge in [0.05, 0.1) is 0 Å². The first kappa shape index (κ1) is 18.9. The minimum Gasteiger partial charge on any atom is -0.382 e. The van der Waals surface area contributed by atoms with E-state index in [-0.39, 0.29) is 0 Å². The molecule has 0 spiro atoms. The first-order valence-electron chi connectivity index (χ1n) is 5.30. The van der Waals surface area contributed by atoms with E-state index in [1.807, 2.05) is 0 Å². The molecule has 0 bridgehead atoms. The van der Waals surface area contributed by atoms with Gasteiger partial charge < -0.3 is 5.11 Å². The molecule has 1 nitrogen and oxygen atoms in total. The molecule has 0 aliphatic carbocycles. The zero-order chi connectivity index (χ0) is 17.6. The molecule has 1 aromatic carbocycles. The van der Waals surface area contributed by atoms with Crippen molar-refractivity contribution in [1.29, 1.82) is 0 Å². The fourth-order valence-electron chi connectivity index (χ4n) is 1.45. The lowest BCUT2D eigenvalue weighted by Gasteiger charge is -2.36. The first-order valence-corrected chi connectivity index (χ1v) is 5.68. The molecule has 126 valence electrons. The van der Waals surface area contributed by atoms with Crippen molar-refractivity contribution in [3.63, 3.8) is 0 Å². The van der Waals surface area contributed by atoms with Gasteiger partial charge in [0.15, 0.2) is 6.10 Å². The Bertz CT molecular complexity index is 541. The quantitative estimate of drug-likeness (QED) is 0.762. The Kier molecular flexibility index (Phi) is 4.71. The molecule has 1 aromatic rings. The van der Waals surface area contributed by atoms with Gasteiger partial charge in [-0.2, -0.15) is 39.5 Å². The predicted octanol–water partition coefficient (Wildman–Crippen LogP) is 4.84. The molecule has 1 atom stereocenters. The minimum atomic E-state index is -7.06. The minimum absolute atomic E-state index is 0.586. The van der Waals surface area contributed by atoms with Gasteiger partial charge in [-0.05, 0) is 6.07 Å². The molecule has 1 unspecified atom stereocenters. The van der Waals surface area contributed by atoms with Crippen molar-refractivity contribution >= 4 is 11.6 Å². The lowest BCUT2D eigenvalue weighted by molar-refractivity contribution is -0.406. The third-order valence-corrected chi connectivity index (χ3v) is 3.06. The molecule has 11 heteroatoms. The van der Waals surface area contributed by atoms with Gasteiger partial charge in [-0.25, -0.2) is 0 Å². The van der Waals surface area contributed by atoms with Crippen molar-refractivity contribution in [1.82, 2.24) is 0 Å². The molecule has 0 heterocycles. The largest absolute Gasteiger partial charge is 0.460 e. The molecule has 0 saturated heterocycles. The molecule has 0 fully saturated rings. The summed E-state index contributed by atoms with van der Waals surface area (Å²) in [5, 5.41) is 8.47. The summed E-state index contributed by atoms with van der Waals surface area (Å²) < 4.78 is 114. The standard InChI is InChI=1S/C11H6ClF9O/c12-6-4-2-1-3-5(6)7(22)8(13,14)9(15,16)10(17,18)11(19,20)21/h1-4,7,22H. The molecule has 22 heavy (non-hydrogen) atoms. The third kappa shape index (κ3) is 2.73. The zero-order valence-corrected chi connectivity index (χ0v) is 10.9. The summed E-state index contributed by atoms with van der Waals surface area (Å²) in [5.41, 5.74) is -1.12. The number of aliphatic hydroxyl groups excluding tert-OH is 1. The van der Waals surface area contributed by atoms with E-state index in [2.05, 4.69) is 0 Å². The maximum Gasteiger partial charge on any atom is 0.460 e. The Hall–Kier alpha value is -1.16. The highest BCUT2D eigenvalue weighted by atomic mass is 35.5. The van der Waals surface area contributed by atoms with E-state index >= 15 is 0 Å². The molecule has 0 aromatic heterocycles. The zero-order valence-electron chi connectivity index (χ0n) is 10.1. The van der Waals surface area contributed by atoms with E-state index in [0.29, 0.717) is 6.07 Å². The van der Waals surface area contributed by atoms with Crippen LogP contribution in [0.3, 0.4) is 0 Å². The lowest BCUT2D eigenvalue weighted by atomic mass is 9.94. The molecule has 0 radical (unpaired) electrons. The molecular formula is C11H6ClF9O. The highest BCUT2D eigenvalue weighted by molar-refractivity contribution is 6.31. The van der Waals surface area contributed by atoms with E-state index in [4.69, 9.17) is 11.6 Å². The van der Waals surface area contributed by atoms with Crippen LogP contribution in [0.2, 0.25) is 5.02 Å². The number of alkyl halides is 9. The molecule has 0 aliphatic heterocycles. The second-order valence-corrected chi connectivity index (χ2v) is 4.60. The van der Waals surface area contributed by atoms with E-state index < -0.39 is 40.6 Å². The third-order valence-electron chi connectivity index (χ3n) is 2.71. The van der Waals surface area contributed by atoms with Gasteiger partial charge in [0.2, 0.25) is 0 Å². The van der Waals surface area contributed by atoms with Crippen molar-refractivity contribution in [3.05, 3.63) is 34.9 Å². The summed E-state index contributed by atoms with van der Waals surface area (Å²) in [4.78, 5) is 0. The molecule has 0 amide bonds. The number of rotatable bonds is 4. The fraction of sp³-hybridized carbons (Fsp3) is 0.455. The second kappa shape index (κ2) is 5.48. The summed E-state index contributed by atoms with van der Waals surface area (Å²) in [6.45, 7) is 0. The summed E-state index contributed by atoms with van der Waals surface area (Å²) in [6, 6.07) is 3.53. The van der Waals surface area contributed by atoms with Crippen molar-refractivity contribution in [2.24, 2.45) is 0 Å². The van der Waals surface area contributed by atoms with Crippen LogP contribution in [-0.2, 0) is 0 Å². The normalized spacial score (nSPS) is 15.8. The summed E-state index contributed by atoms with van der Waals surface area (Å²) in [6.07, 6.45) is -10.6. The predicted molar refractivity (Wildman–Crippen MR) is 57.3 cm³/mol. The first-order chi connectivity index (χ1) is 9.68. The van der Waals surface area contributed by atoms with E-state index in [1.54, 1.807) is 0 Å². The number of hydrogen-bond acceptors (Lipinski definition) is 1. The maximum atomic E-state index is 13.4. The van der Waals surface area contributed by atoms with Gasteiger partial charge >= 0.3 is 23.9 Å². The van der Waals surface area contributed by atoms with Crippen LogP contribution >= 0.6 is 11.6 Å². The van der Waals surface area contributed by atoms with Crippen LogP contribution in [0.5, 0.6) is 0 Å². The van der Waals surface area contributed by atoms with E-state index in [0.717, 1.165) is 18.2 Å². The van der Waals surface area contributed by atoms with Gasteiger partial charge in [0, 0.05) is 10.6 Å². The van der Waals surface area contributed by atoms with Crippen molar-refractivity contribution in [2.45, 2.75) is 30.0 Å². The van der Waals surface area contributed by atoms with Crippen LogP contribution < -0.4 is 0 Å². The summed E-state index contributed by atoms with van der Waals surface area (Å²) in [5.74, 6) is -20.1. The second-order valence-electron chi connectivity index (χ2n) is 4.19. The molecule has 1 N–H and O–H groups in total. The van der Waals surface area contributed by atoms with Crippen molar-refractivity contribution < 1.29 is 44.6 Å². The van der Waals surface area contributed by atoms with Crippen LogP contribution in [0.15, 0.2) is 24.3 Å². The van der Waals surface area contributed by atoms with Crippen LogP contribution in [0.4, 0.5) is 39.5 Å². The fourth-order valence-corrected chi connectivity index (χ4v) is 1.69. The smallest absolute Gasteiger partial charge is 0.382 e. The van der Waals surface area contributed by atoms with Gasteiger partial charge in [0.25, 0.3) is 0 Å². The molecular weight excluding hydrogens is 355 g/mol. The highest BCUT2D eigenvalue weighted by Crippen LogP contribution is 2.56. The van der Waals surface area contributed by atoms with Crippen LogP contribution in [0, 0.1) is 0 Å². The van der Waals surface area contributed by atoms with E-state index in [9.17, 15) is 44.6 Å². The molecule has 1 rings (SSSR count).